The van der Waals surface area contributed by atoms with Crippen LogP contribution in [0.25, 0.3) is 0 Å². The van der Waals surface area contributed by atoms with Crippen LogP contribution in [0.1, 0.15) is 17.2 Å². The summed E-state index contributed by atoms with van der Waals surface area (Å²) >= 11 is 5.60. The number of aliphatic hydroxyl groups excluding tert-OH is 1. The van der Waals surface area contributed by atoms with E-state index in [-0.39, 0.29) is 18.1 Å². The van der Waals surface area contributed by atoms with Gasteiger partial charge >= 0.3 is 6.18 Å². The van der Waals surface area contributed by atoms with Gasteiger partial charge in [0.15, 0.2) is 0 Å². The first-order chi connectivity index (χ1) is 14.2. The topological polar surface area (TPSA) is 55.8 Å². The molecule has 0 spiro atoms. The van der Waals surface area contributed by atoms with E-state index in [0.717, 1.165) is 17.7 Å². The SMILES string of the molecule is O=C(CN1CCN(CC(O)c2ccccc2)CC1)Nc1ccc(Cl)c(C(F)(F)F)c1. The zero-order valence-electron chi connectivity index (χ0n) is 16.2. The molecule has 0 bridgehead atoms. The van der Waals surface area contributed by atoms with Gasteiger partial charge < -0.3 is 10.4 Å². The van der Waals surface area contributed by atoms with Gasteiger partial charge in [-0.15, -0.1) is 0 Å². The number of benzene rings is 2. The summed E-state index contributed by atoms with van der Waals surface area (Å²) in [4.78, 5) is 16.3. The molecule has 0 aliphatic carbocycles. The number of rotatable bonds is 6. The van der Waals surface area contributed by atoms with E-state index in [1.54, 1.807) is 0 Å². The number of hydrogen-bond donors (Lipinski definition) is 2. The summed E-state index contributed by atoms with van der Waals surface area (Å²) in [6.45, 7) is 3.23. The van der Waals surface area contributed by atoms with Crippen molar-refractivity contribution < 1.29 is 23.1 Å². The molecular formula is C21H23ClF3N3O2. The number of nitrogens with zero attached hydrogens (tertiary/aromatic N) is 2. The number of amides is 1. The summed E-state index contributed by atoms with van der Waals surface area (Å²) in [6.07, 6.45) is -5.16. The maximum absolute atomic E-state index is 12.9. The molecule has 1 saturated heterocycles. The zero-order chi connectivity index (χ0) is 21.7. The Bertz CT molecular complexity index is 856. The van der Waals surface area contributed by atoms with E-state index < -0.39 is 22.9 Å². The second kappa shape index (κ2) is 9.78. The molecule has 1 unspecified atom stereocenters. The Morgan fingerprint density at radius 1 is 1.07 bits per heavy atom. The van der Waals surface area contributed by atoms with Gasteiger partial charge in [0.2, 0.25) is 5.91 Å². The van der Waals surface area contributed by atoms with E-state index in [2.05, 4.69) is 10.2 Å². The van der Waals surface area contributed by atoms with Crippen molar-refractivity contribution in [3.05, 3.63) is 64.7 Å². The molecule has 9 heteroatoms. The van der Waals surface area contributed by atoms with Gasteiger partial charge in [0.1, 0.15) is 0 Å². The van der Waals surface area contributed by atoms with E-state index in [1.165, 1.54) is 6.07 Å². The molecule has 0 radical (unpaired) electrons. The highest BCUT2D eigenvalue weighted by atomic mass is 35.5. The lowest BCUT2D eigenvalue weighted by atomic mass is 10.1. The molecule has 162 valence electrons. The molecule has 0 saturated carbocycles. The summed E-state index contributed by atoms with van der Waals surface area (Å²) in [7, 11) is 0. The first-order valence-corrected chi connectivity index (χ1v) is 9.94. The van der Waals surface area contributed by atoms with Gasteiger partial charge in [0.25, 0.3) is 0 Å². The smallest absolute Gasteiger partial charge is 0.387 e. The van der Waals surface area contributed by atoms with Gasteiger partial charge in [-0.05, 0) is 23.8 Å². The lowest BCUT2D eigenvalue weighted by Crippen LogP contribution is -2.49. The van der Waals surface area contributed by atoms with Crippen LogP contribution in [0.15, 0.2) is 48.5 Å². The zero-order valence-corrected chi connectivity index (χ0v) is 17.0. The average molecular weight is 442 g/mol. The molecule has 1 atom stereocenters. The van der Waals surface area contributed by atoms with E-state index in [9.17, 15) is 23.1 Å². The fourth-order valence-corrected chi connectivity index (χ4v) is 3.60. The van der Waals surface area contributed by atoms with Crippen LogP contribution in [0.4, 0.5) is 18.9 Å². The summed E-state index contributed by atoms with van der Waals surface area (Å²) in [5.41, 5.74) is -0.0607. The van der Waals surface area contributed by atoms with E-state index in [1.807, 2.05) is 35.2 Å². The van der Waals surface area contributed by atoms with Crippen LogP contribution >= 0.6 is 11.6 Å². The number of carbonyl (C=O) groups is 1. The minimum Gasteiger partial charge on any atom is -0.387 e. The quantitative estimate of drug-likeness (QED) is 0.718. The normalized spacial score (nSPS) is 17.0. The first-order valence-electron chi connectivity index (χ1n) is 9.56. The van der Waals surface area contributed by atoms with Crippen molar-refractivity contribution in [2.24, 2.45) is 0 Å². The number of alkyl halides is 3. The highest BCUT2D eigenvalue weighted by Gasteiger charge is 2.33. The van der Waals surface area contributed by atoms with Gasteiger partial charge in [-0.2, -0.15) is 13.2 Å². The minimum atomic E-state index is -4.58. The lowest BCUT2D eigenvalue weighted by Gasteiger charge is -2.35. The van der Waals surface area contributed by atoms with Crippen LogP contribution in [0.2, 0.25) is 5.02 Å². The lowest BCUT2D eigenvalue weighted by molar-refractivity contribution is -0.137. The number of β-amino-alcohol motifs (C(OH)–C–C–N with tert-alkyl or cyclic N) is 1. The van der Waals surface area contributed by atoms with Crippen molar-refractivity contribution in [3.8, 4) is 0 Å². The van der Waals surface area contributed by atoms with E-state index in [4.69, 9.17) is 11.6 Å². The van der Waals surface area contributed by atoms with Crippen molar-refractivity contribution in [2.45, 2.75) is 12.3 Å². The number of nitrogens with one attached hydrogen (secondary N) is 1. The van der Waals surface area contributed by atoms with Crippen LogP contribution in [-0.4, -0.2) is 60.1 Å². The monoisotopic (exact) mass is 441 g/mol. The Kier molecular flexibility index (Phi) is 7.36. The molecule has 1 aliphatic rings. The molecule has 3 rings (SSSR count). The molecule has 30 heavy (non-hydrogen) atoms. The maximum atomic E-state index is 12.9. The standard InChI is InChI=1S/C21H23ClF3N3O2/c22-18-7-6-16(12-17(18)21(23,24)25)26-20(30)14-28-10-8-27(9-11-28)13-19(29)15-4-2-1-3-5-15/h1-7,12,19,29H,8-11,13-14H2,(H,26,30). The Balaban J connectivity index is 1.46. The molecule has 2 N–H and O–H groups in total. The van der Waals surface area contributed by atoms with Crippen molar-refractivity contribution in [2.75, 3.05) is 44.6 Å². The summed E-state index contributed by atoms with van der Waals surface area (Å²) < 4.78 is 38.8. The highest BCUT2D eigenvalue weighted by Crippen LogP contribution is 2.36. The largest absolute Gasteiger partial charge is 0.417 e. The van der Waals surface area contributed by atoms with E-state index in [0.29, 0.717) is 32.7 Å². The number of anilines is 1. The predicted molar refractivity (Wildman–Crippen MR) is 109 cm³/mol. The number of piperazine rings is 1. The maximum Gasteiger partial charge on any atom is 0.417 e. The molecule has 1 fully saturated rings. The van der Waals surface area contributed by atoms with Crippen molar-refractivity contribution >= 4 is 23.2 Å². The molecular weight excluding hydrogens is 419 g/mol. The van der Waals surface area contributed by atoms with Gasteiger partial charge in [-0.1, -0.05) is 41.9 Å². The minimum absolute atomic E-state index is 0.0568. The first kappa shape index (κ1) is 22.6. The molecule has 5 nitrogen and oxygen atoms in total. The average Bonchev–Trinajstić information content (AvgIpc) is 2.70. The highest BCUT2D eigenvalue weighted by molar-refractivity contribution is 6.31. The van der Waals surface area contributed by atoms with Crippen molar-refractivity contribution in [3.63, 3.8) is 0 Å². The molecule has 1 amide bonds. The summed E-state index contributed by atoms with van der Waals surface area (Å²) in [5.74, 6) is -0.386. The van der Waals surface area contributed by atoms with Crippen LogP contribution < -0.4 is 5.32 Å². The number of halogens is 4. The van der Waals surface area contributed by atoms with E-state index >= 15 is 0 Å². The number of aliphatic hydroxyl groups is 1. The Labute approximate surface area is 178 Å². The van der Waals surface area contributed by atoms with Gasteiger partial charge in [0, 0.05) is 38.4 Å². The molecule has 0 aromatic heterocycles. The fraction of sp³-hybridized carbons (Fsp3) is 0.381. The molecule has 1 aliphatic heterocycles. The van der Waals surface area contributed by atoms with Gasteiger partial charge in [-0.3, -0.25) is 14.6 Å². The van der Waals surface area contributed by atoms with Crippen LogP contribution in [0, 0.1) is 0 Å². The number of hydrogen-bond acceptors (Lipinski definition) is 4. The Morgan fingerprint density at radius 3 is 2.33 bits per heavy atom. The van der Waals surface area contributed by atoms with Crippen LogP contribution in [0.3, 0.4) is 0 Å². The summed E-state index contributed by atoms with van der Waals surface area (Å²) in [6, 6.07) is 12.7. The van der Waals surface area contributed by atoms with Crippen molar-refractivity contribution in [1.29, 1.82) is 0 Å². The van der Waals surface area contributed by atoms with Crippen LogP contribution in [0.5, 0.6) is 0 Å². The fourth-order valence-electron chi connectivity index (χ4n) is 3.38. The molecule has 1 heterocycles. The van der Waals surface area contributed by atoms with Gasteiger partial charge in [-0.25, -0.2) is 0 Å². The predicted octanol–water partition coefficient (Wildman–Crippen LogP) is 3.65. The Hall–Kier alpha value is -2.13. The number of carbonyl (C=O) groups excluding carboxylic acids is 1. The van der Waals surface area contributed by atoms with Gasteiger partial charge in [0.05, 0.1) is 23.2 Å². The van der Waals surface area contributed by atoms with Crippen molar-refractivity contribution in [1.82, 2.24) is 9.80 Å². The second-order valence-corrected chi connectivity index (χ2v) is 7.65. The third kappa shape index (κ3) is 6.18. The Morgan fingerprint density at radius 2 is 1.70 bits per heavy atom. The molecule has 2 aromatic rings. The third-order valence-corrected chi connectivity index (χ3v) is 5.33. The second-order valence-electron chi connectivity index (χ2n) is 7.24. The third-order valence-electron chi connectivity index (χ3n) is 5.00. The molecule has 2 aromatic carbocycles. The summed E-state index contributed by atoms with van der Waals surface area (Å²) in [5, 5.41) is 12.4. The van der Waals surface area contributed by atoms with Crippen LogP contribution in [-0.2, 0) is 11.0 Å².